The van der Waals surface area contributed by atoms with Crippen LogP contribution in [0.2, 0.25) is 0 Å². The molecule has 3 rings (SSSR count). The van der Waals surface area contributed by atoms with Crippen LogP contribution in [0.25, 0.3) is 0 Å². The lowest BCUT2D eigenvalue weighted by atomic mass is 10.1. The number of rotatable bonds is 5. The van der Waals surface area contributed by atoms with Crippen LogP contribution in [0, 0.1) is 6.92 Å². The number of aryl methyl sites for hydroxylation is 1. The normalized spacial score (nSPS) is 17.2. The van der Waals surface area contributed by atoms with Gasteiger partial charge in [0, 0.05) is 45.5 Å². The maximum absolute atomic E-state index is 4.80. The predicted molar refractivity (Wildman–Crippen MR) is 103 cm³/mol. The van der Waals surface area contributed by atoms with Gasteiger partial charge in [-0.2, -0.15) is 0 Å². The van der Waals surface area contributed by atoms with Crippen molar-refractivity contribution < 1.29 is 0 Å². The Bertz CT molecular complexity index is 662. The molecule has 1 fully saturated rings. The molecule has 1 aromatic heterocycles. The van der Waals surface area contributed by atoms with E-state index in [1.807, 2.05) is 7.05 Å². The third kappa shape index (κ3) is 3.50. The Morgan fingerprint density at radius 3 is 2.38 bits per heavy atom. The van der Waals surface area contributed by atoms with Gasteiger partial charge in [-0.25, -0.2) is 4.98 Å². The Morgan fingerprint density at radius 1 is 1.17 bits per heavy atom. The summed E-state index contributed by atoms with van der Waals surface area (Å²) in [5.41, 5.74) is 2.45. The van der Waals surface area contributed by atoms with E-state index in [9.17, 15) is 0 Å². The summed E-state index contributed by atoms with van der Waals surface area (Å²) in [5, 5.41) is 3.34. The van der Waals surface area contributed by atoms with E-state index >= 15 is 0 Å². The number of piperazine rings is 1. The monoisotopic (exact) mass is 391 g/mol. The summed E-state index contributed by atoms with van der Waals surface area (Å²) in [7, 11) is 4.07. The van der Waals surface area contributed by atoms with Crippen molar-refractivity contribution in [1.82, 2.24) is 19.8 Å². The summed E-state index contributed by atoms with van der Waals surface area (Å²) in [4.78, 5) is 9.81. The van der Waals surface area contributed by atoms with Gasteiger partial charge >= 0.3 is 0 Å². The fourth-order valence-corrected chi connectivity index (χ4v) is 3.95. The molecule has 1 aromatic carbocycles. The minimum atomic E-state index is 0.294. The number of aromatic nitrogens is 2. The third-order valence-electron chi connectivity index (χ3n) is 4.86. The van der Waals surface area contributed by atoms with Crippen LogP contribution < -0.4 is 10.2 Å². The fourth-order valence-electron chi connectivity index (χ4n) is 3.34. The van der Waals surface area contributed by atoms with Gasteiger partial charge in [0.2, 0.25) is 0 Å². The number of hydrogen-bond donors (Lipinski definition) is 1. The zero-order valence-electron chi connectivity index (χ0n) is 14.7. The highest BCUT2D eigenvalue weighted by Crippen LogP contribution is 2.29. The molecule has 1 atom stereocenters. The SMILES string of the molecule is CNCC(c1nc(C)n(C)c1Br)N1CCN(c2ccccc2)CC1. The molecule has 0 spiro atoms. The van der Waals surface area contributed by atoms with E-state index < -0.39 is 0 Å². The number of likely N-dealkylation sites (N-methyl/N-ethyl adjacent to an activating group) is 1. The van der Waals surface area contributed by atoms with E-state index in [2.05, 4.69) is 79.9 Å². The second-order valence-electron chi connectivity index (χ2n) is 6.33. The van der Waals surface area contributed by atoms with E-state index in [1.54, 1.807) is 0 Å². The molecule has 2 aromatic rings. The second kappa shape index (κ2) is 7.68. The van der Waals surface area contributed by atoms with Gasteiger partial charge in [-0.05, 0) is 42.0 Å². The summed E-state index contributed by atoms with van der Waals surface area (Å²) in [6.07, 6.45) is 0. The number of nitrogens with one attached hydrogen (secondary N) is 1. The smallest absolute Gasteiger partial charge is 0.109 e. The van der Waals surface area contributed by atoms with Gasteiger partial charge in [-0.15, -0.1) is 0 Å². The Morgan fingerprint density at radius 2 is 1.83 bits per heavy atom. The molecule has 5 nitrogen and oxygen atoms in total. The third-order valence-corrected chi connectivity index (χ3v) is 5.80. The maximum atomic E-state index is 4.80. The molecule has 0 saturated carbocycles. The number of nitrogens with zero attached hydrogens (tertiary/aromatic N) is 4. The average Bonchev–Trinajstić information content (AvgIpc) is 2.88. The van der Waals surface area contributed by atoms with Crippen LogP contribution in [0.15, 0.2) is 34.9 Å². The molecule has 1 aliphatic rings. The summed E-state index contributed by atoms with van der Waals surface area (Å²) in [6, 6.07) is 11.0. The highest BCUT2D eigenvalue weighted by molar-refractivity contribution is 9.10. The standard InChI is InChI=1S/C18H26BrN5/c1-14-21-17(18(19)22(14)3)16(13-20-2)24-11-9-23(10-12-24)15-7-5-4-6-8-15/h4-8,16,20H,9-13H2,1-3H3. The molecule has 0 bridgehead atoms. The number of para-hydroxylation sites is 1. The number of benzene rings is 1. The molecule has 1 N–H and O–H groups in total. The lowest BCUT2D eigenvalue weighted by Crippen LogP contribution is -2.49. The van der Waals surface area contributed by atoms with Gasteiger partial charge < -0.3 is 14.8 Å². The molecule has 1 unspecified atom stereocenters. The zero-order chi connectivity index (χ0) is 17.1. The van der Waals surface area contributed by atoms with Crippen molar-refractivity contribution in [3.63, 3.8) is 0 Å². The summed E-state index contributed by atoms with van der Waals surface area (Å²) >= 11 is 3.72. The van der Waals surface area contributed by atoms with Crippen molar-refractivity contribution in [3.05, 3.63) is 46.5 Å². The van der Waals surface area contributed by atoms with Crippen molar-refractivity contribution in [2.24, 2.45) is 7.05 Å². The van der Waals surface area contributed by atoms with Crippen molar-refractivity contribution in [2.75, 3.05) is 44.7 Å². The van der Waals surface area contributed by atoms with Crippen molar-refractivity contribution in [1.29, 1.82) is 0 Å². The molecule has 0 aliphatic carbocycles. The van der Waals surface area contributed by atoms with Gasteiger partial charge in [-0.3, -0.25) is 4.90 Å². The summed E-state index contributed by atoms with van der Waals surface area (Å²) in [6.45, 7) is 7.15. The largest absolute Gasteiger partial charge is 0.369 e. The van der Waals surface area contributed by atoms with E-state index in [4.69, 9.17) is 4.98 Å². The van der Waals surface area contributed by atoms with Crippen LogP contribution in [0.1, 0.15) is 17.6 Å². The number of anilines is 1. The first-order chi connectivity index (χ1) is 11.6. The molecule has 0 radical (unpaired) electrons. The molecule has 130 valence electrons. The average molecular weight is 392 g/mol. The first-order valence-corrected chi connectivity index (χ1v) is 9.28. The molecule has 1 aliphatic heterocycles. The predicted octanol–water partition coefficient (Wildman–Crippen LogP) is 2.57. The Kier molecular flexibility index (Phi) is 5.58. The molecule has 24 heavy (non-hydrogen) atoms. The molecule has 1 saturated heterocycles. The Hall–Kier alpha value is -1.37. The zero-order valence-corrected chi connectivity index (χ0v) is 16.3. The van der Waals surface area contributed by atoms with Gasteiger partial charge in [-0.1, -0.05) is 18.2 Å². The molecule has 6 heteroatoms. The lowest BCUT2D eigenvalue weighted by molar-refractivity contribution is 0.180. The highest BCUT2D eigenvalue weighted by Gasteiger charge is 2.28. The quantitative estimate of drug-likeness (QED) is 0.849. The fraction of sp³-hybridized carbons (Fsp3) is 0.500. The van der Waals surface area contributed by atoms with Crippen LogP contribution in [-0.2, 0) is 7.05 Å². The number of imidazole rings is 1. The first kappa shape index (κ1) is 17.5. The van der Waals surface area contributed by atoms with Crippen LogP contribution in [-0.4, -0.2) is 54.2 Å². The minimum absolute atomic E-state index is 0.294. The Balaban J connectivity index is 1.73. The van der Waals surface area contributed by atoms with Crippen LogP contribution >= 0.6 is 15.9 Å². The highest BCUT2D eigenvalue weighted by atomic mass is 79.9. The molecule has 2 heterocycles. The van der Waals surface area contributed by atoms with Crippen molar-refractivity contribution in [2.45, 2.75) is 13.0 Å². The summed E-state index contributed by atoms with van der Waals surface area (Å²) < 4.78 is 3.20. The van der Waals surface area contributed by atoms with Crippen LogP contribution in [0.3, 0.4) is 0 Å². The molecular weight excluding hydrogens is 366 g/mol. The lowest BCUT2D eigenvalue weighted by Gasteiger charge is -2.40. The van der Waals surface area contributed by atoms with Gasteiger partial charge in [0.15, 0.2) is 0 Å². The number of hydrogen-bond acceptors (Lipinski definition) is 4. The maximum Gasteiger partial charge on any atom is 0.109 e. The van der Waals surface area contributed by atoms with E-state index in [0.29, 0.717) is 6.04 Å². The van der Waals surface area contributed by atoms with Crippen LogP contribution in [0.4, 0.5) is 5.69 Å². The van der Waals surface area contributed by atoms with Crippen molar-refractivity contribution in [3.8, 4) is 0 Å². The van der Waals surface area contributed by atoms with E-state index in [-0.39, 0.29) is 0 Å². The topological polar surface area (TPSA) is 36.3 Å². The van der Waals surface area contributed by atoms with Crippen molar-refractivity contribution >= 4 is 21.6 Å². The van der Waals surface area contributed by atoms with Gasteiger partial charge in [0.1, 0.15) is 10.4 Å². The molecule has 0 amide bonds. The Labute approximate surface area is 152 Å². The number of halogens is 1. The minimum Gasteiger partial charge on any atom is -0.369 e. The first-order valence-electron chi connectivity index (χ1n) is 8.49. The summed E-state index contributed by atoms with van der Waals surface area (Å²) in [5.74, 6) is 1.04. The molecular formula is C18H26BrN5. The second-order valence-corrected chi connectivity index (χ2v) is 7.08. The van der Waals surface area contributed by atoms with E-state index in [1.165, 1.54) is 5.69 Å². The van der Waals surface area contributed by atoms with Gasteiger partial charge in [0.25, 0.3) is 0 Å². The van der Waals surface area contributed by atoms with Gasteiger partial charge in [0.05, 0.1) is 11.7 Å². The van der Waals surface area contributed by atoms with E-state index in [0.717, 1.165) is 48.8 Å². The van der Waals surface area contributed by atoms with Crippen LogP contribution in [0.5, 0.6) is 0 Å².